The first-order valence-electron chi connectivity index (χ1n) is 8.72. The van der Waals surface area contributed by atoms with Crippen LogP contribution in [0.5, 0.6) is 0 Å². The van der Waals surface area contributed by atoms with Crippen LogP contribution in [0.25, 0.3) is 5.69 Å². The summed E-state index contributed by atoms with van der Waals surface area (Å²) < 4.78 is 14.8. The molecule has 0 aliphatic carbocycles. The second kappa shape index (κ2) is 7.52. The Balaban J connectivity index is 1.84. The zero-order valence-electron chi connectivity index (χ0n) is 15.2. The molecule has 0 aliphatic heterocycles. The predicted octanol–water partition coefficient (Wildman–Crippen LogP) is 4.83. The van der Waals surface area contributed by atoms with Crippen LogP contribution in [0.15, 0.2) is 48.5 Å². The molecule has 1 heterocycles. The van der Waals surface area contributed by atoms with Crippen LogP contribution >= 0.6 is 0 Å². The average molecular weight is 351 g/mol. The van der Waals surface area contributed by atoms with Gasteiger partial charge in [-0.2, -0.15) is 5.10 Å². The summed E-state index contributed by atoms with van der Waals surface area (Å²) in [6.45, 7) is 5.77. The van der Waals surface area contributed by atoms with Crippen molar-refractivity contribution in [1.29, 1.82) is 0 Å². The van der Waals surface area contributed by atoms with Crippen molar-refractivity contribution in [2.24, 2.45) is 0 Å². The van der Waals surface area contributed by atoms with E-state index in [1.807, 2.05) is 31.2 Å². The highest BCUT2D eigenvalue weighted by molar-refractivity contribution is 6.05. The van der Waals surface area contributed by atoms with Gasteiger partial charge >= 0.3 is 0 Å². The molecule has 3 rings (SSSR count). The van der Waals surface area contributed by atoms with Gasteiger partial charge in [-0.15, -0.1) is 0 Å². The molecule has 134 valence electrons. The molecule has 0 spiro atoms. The molecule has 0 bridgehead atoms. The number of halogens is 1. The van der Waals surface area contributed by atoms with E-state index in [-0.39, 0.29) is 11.7 Å². The van der Waals surface area contributed by atoms with E-state index >= 15 is 0 Å². The number of benzene rings is 2. The molecular weight excluding hydrogens is 329 g/mol. The van der Waals surface area contributed by atoms with E-state index in [2.05, 4.69) is 17.3 Å². The Morgan fingerprint density at radius 3 is 2.35 bits per heavy atom. The van der Waals surface area contributed by atoms with Gasteiger partial charge in [-0.05, 0) is 62.2 Å². The Bertz CT molecular complexity index is 912. The van der Waals surface area contributed by atoms with E-state index < -0.39 is 0 Å². The number of amides is 1. The highest BCUT2D eigenvalue weighted by Crippen LogP contribution is 2.20. The van der Waals surface area contributed by atoms with Crippen molar-refractivity contribution in [3.8, 4) is 5.69 Å². The van der Waals surface area contributed by atoms with Gasteiger partial charge in [0.2, 0.25) is 0 Å². The zero-order chi connectivity index (χ0) is 18.7. The molecule has 0 saturated heterocycles. The van der Waals surface area contributed by atoms with E-state index in [4.69, 9.17) is 0 Å². The Morgan fingerprint density at radius 2 is 1.73 bits per heavy atom. The first-order chi connectivity index (χ1) is 12.5. The van der Waals surface area contributed by atoms with Crippen molar-refractivity contribution in [3.63, 3.8) is 0 Å². The van der Waals surface area contributed by atoms with Crippen LogP contribution < -0.4 is 5.32 Å². The number of nitrogens with zero attached hydrogens (tertiary/aromatic N) is 2. The minimum absolute atomic E-state index is 0.198. The Hall–Kier alpha value is -2.95. The molecule has 0 saturated carbocycles. The fourth-order valence-corrected chi connectivity index (χ4v) is 3.04. The lowest BCUT2D eigenvalue weighted by molar-refractivity contribution is 0.102. The average Bonchev–Trinajstić information content (AvgIpc) is 2.92. The molecule has 3 aromatic rings. The molecular formula is C21H22FN3O. The third-order valence-electron chi connectivity index (χ3n) is 4.34. The van der Waals surface area contributed by atoms with Gasteiger partial charge in [-0.25, -0.2) is 9.07 Å². The molecule has 26 heavy (non-hydrogen) atoms. The topological polar surface area (TPSA) is 46.9 Å². The number of rotatable bonds is 5. The van der Waals surface area contributed by atoms with Crippen LogP contribution in [0, 0.1) is 19.7 Å². The van der Waals surface area contributed by atoms with E-state index in [1.54, 1.807) is 23.7 Å². The fraction of sp³-hybridized carbons (Fsp3) is 0.238. The van der Waals surface area contributed by atoms with Crippen LogP contribution in [0.4, 0.5) is 10.1 Å². The second-order valence-electron chi connectivity index (χ2n) is 6.34. The normalized spacial score (nSPS) is 10.8. The van der Waals surface area contributed by atoms with Gasteiger partial charge in [0.25, 0.3) is 5.91 Å². The smallest absolute Gasteiger partial charge is 0.259 e. The Labute approximate surface area is 152 Å². The Kier molecular flexibility index (Phi) is 5.16. The molecule has 0 fully saturated rings. The number of aryl methyl sites for hydroxylation is 2. The van der Waals surface area contributed by atoms with Crippen LogP contribution in [0.3, 0.4) is 0 Å². The summed E-state index contributed by atoms with van der Waals surface area (Å²) >= 11 is 0. The second-order valence-corrected chi connectivity index (χ2v) is 6.34. The van der Waals surface area contributed by atoms with Gasteiger partial charge in [-0.1, -0.05) is 25.5 Å². The van der Waals surface area contributed by atoms with Crippen LogP contribution in [-0.2, 0) is 6.42 Å². The van der Waals surface area contributed by atoms with Crippen LogP contribution in [-0.4, -0.2) is 15.7 Å². The van der Waals surface area contributed by atoms with Gasteiger partial charge in [-0.3, -0.25) is 4.79 Å². The summed E-state index contributed by atoms with van der Waals surface area (Å²) in [6.07, 6.45) is 2.11. The predicted molar refractivity (Wildman–Crippen MR) is 101 cm³/mol. The summed E-state index contributed by atoms with van der Waals surface area (Å²) in [4.78, 5) is 12.7. The lowest BCUT2D eigenvalue weighted by Gasteiger charge is -2.08. The molecule has 0 atom stereocenters. The van der Waals surface area contributed by atoms with Gasteiger partial charge < -0.3 is 5.32 Å². The largest absolute Gasteiger partial charge is 0.322 e. The van der Waals surface area contributed by atoms with Crippen molar-refractivity contribution in [1.82, 2.24) is 9.78 Å². The van der Waals surface area contributed by atoms with Crippen molar-refractivity contribution in [3.05, 3.63) is 76.9 Å². The summed E-state index contributed by atoms with van der Waals surface area (Å²) in [5, 5.41) is 7.38. The van der Waals surface area contributed by atoms with Gasteiger partial charge in [0.15, 0.2) is 0 Å². The number of aromatic nitrogens is 2. The van der Waals surface area contributed by atoms with Crippen molar-refractivity contribution >= 4 is 11.6 Å². The van der Waals surface area contributed by atoms with E-state index in [0.717, 1.165) is 24.2 Å². The molecule has 4 nitrogen and oxygen atoms in total. The number of anilines is 1. The molecule has 2 aromatic carbocycles. The summed E-state index contributed by atoms with van der Waals surface area (Å²) in [7, 11) is 0. The van der Waals surface area contributed by atoms with E-state index in [0.29, 0.717) is 17.0 Å². The molecule has 0 aliphatic rings. The van der Waals surface area contributed by atoms with Gasteiger partial charge in [0.1, 0.15) is 5.82 Å². The van der Waals surface area contributed by atoms with Crippen LogP contribution in [0.1, 0.15) is 40.7 Å². The van der Waals surface area contributed by atoms with Crippen molar-refractivity contribution in [2.75, 3.05) is 5.32 Å². The standard InChI is InChI=1S/C21H22FN3O/c1-4-5-16-6-10-18(11-7-16)23-21(26)20-14(2)24-25(15(20)3)19-12-8-17(22)9-13-19/h6-13H,4-5H2,1-3H3,(H,23,26). The van der Waals surface area contributed by atoms with Crippen molar-refractivity contribution < 1.29 is 9.18 Å². The van der Waals surface area contributed by atoms with Gasteiger partial charge in [0.05, 0.1) is 22.6 Å². The summed E-state index contributed by atoms with van der Waals surface area (Å²) in [5.41, 5.74) is 4.60. The first-order valence-corrected chi connectivity index (χ1v) is 8.72. The Morgan fingerprint density at radius 1 is 1.08 bits per heavy atom. The molecule has 1 aromatic heterocycles. The number of nitrogens with one attached hydrogen (secondary N) is 1. The minimum Gasteiger partial charge on any atom is -0.322 e. The quantitative estimate of drug-likeness (QED) is 0.715. The summed E-state index contributed by atoms with van der Waals surface area (Å²) in [6, 6.07) is 13.9. The van der Waals surface area contributed by atoms with E-state index in [1.165, 1.54) is 17.7 Å². The minimum atomic E-state index is -0.306. The maximum Gasteiger partial charge on any atom is 0.259 e. The van der Waals surface area contributed by atoms with E-state index in [9.17, 15) is 9.18 Å². The highest BCUT2D eigenvalue weighted by atomic mass is 19.1. The molecule has 5 heteroatoms. The molecule has 0 radical (unpaired) electrons. The molecule has 1 N–H and O–H groups in total. The number of hydrogen-bond donors (Lipinski definition) is 1. The maximum absolute atomic E-state index is 13.1. The third-order valence-corrected chi connectivity index (χ3v) is 4.34. The van der Waals surface area contributed by atoms with Crippen molar-refractivity contribution in [2.45, 2.75) is 33.6 Å². The SMILES string of the molecule is CCCc1ccc(NC(=O)c2c(C)nn(-c3ccc(F)cc3)c2C)cc1. The maximum atomic E-state index is 13.1. The number of carbonyl (C=O) groups excluding carboxylic acids is 1. The summed E-state index contributed by atoms with van der Waals surface area (Å²) in [5.74, 6) is -0.503. The fourth-order valence-electron chi connectivity index (χ4n) is 3.04. The number of carbonyl (C=O) groups is 1. The van der Waals surface area contributed by atoms with Gasteiger partial charge in [0, 0.05) is 5.69 Å². The highest BCUT2D eigenvalue weighted by Gasteiger charge is 2.19. The molecule has 0 unspecified atom stereocenters. The lowest BCUT2D eigenvalue weighted by Crippen LogP contribution is -2.14. The monoisotopic (exact) mass is 351 g/mol. The third kappa shape index (κ3) is 3.67. The number of hydrogen-bond acceptors (Lipinski definition) is 2. The first kappa shape index (κ1) is 17.9. The molecule has 1 amide bonds. The zero-order valence-corrected chi connectivity index (χ0v) is 15.2. The van der Waals surface area contributed by atoms with Crippen LogP contribution in [0.2, 0.25) is 0 Å². The lowest BCUT2D eigenvalue weighted by atomic mass is 10.1.